The van der Waals surface area contributed by atoms with E-state index < -0.39 is 0 Å². The normalized spacial score (nSPS) is 11.3. The van der Waals surface area contributed by atoms with Crippen LogP contribution in [-0.2, 0) is 0 Å². The van der Waals surface area contributed by atoms with E-state index in [-0.39, 0.29) is 0 Å². The minimum absolute atomic E-state index is 0.589. The molecule has 5 heteroatoms. The van der Waals surface area contributed by atoms with Crippen LogP contribution in [0, 0.1) is 5.92 Å². The molecule has 1 aromatic rings. The lowest BCUT2D eigenvalue weighted by molar-refractivity contribution is 0.409. The van der Waals surface area contributed by atoms with E-state index in [4.69, 9.17) is 5.73 Å². The Morgan fingerprint density at radius 2 is 1.94 bits per heavy atom. The molecular formula is C13H23BrN4. The Labute approximate surface area is 118 Å². The highest BCUT2D eigenvalue weighted by molar-refractivity contribution is 9.10. The van der Waals surface area contributed by atoms with Crippen LogP contribution in [0.3, 0.4) is 0 Å². The van der Waals surface area contributed by atoms with Crippen LogP contribution in [0.2, 0.25) is 0 Å². The molecule has 0 aliphatic rings. The molecule has 4 nitrogen and oxygen atoms in total. The second-order valence-corrected chi connectivity index (χ2v) is 6.06. The molecule has 0 atom stereocenters. The summed E-state index contributed by atoms with van der Waals surface area (Å²) in [5.74, 6) is 0.589. The van der Waals surface area contributed by atoms with Gasteiger partial charge in [-0.15, -0.1) is 0 Å². The van der Waals surface area contributed by atoms with Crippen molar-refractivity contribution < 1.29 is 0 Å². The van der Waals surface area contributed by atoms with Gasteiger partial charge in [-0.3, -0.25) is 4.98 Å². The summed E-state index contributed by atoms with van der Waals surface area (Å²) in [6, 6.07) is 0. The van der Waals surface area contributed by atoms with Crippen LogP contribution in [0.4, 0.5) is 11.4 Å². The van der Waals surface area contributed by atoms with Gasteiger partial charge < -0.3 is 15.5 Å². The molecule has 1 aromatic heterocycles. The lowest BCUT2D eigenvalue weighted by atomic mass is 10.2. The van der Waals surface area contributed by atoms with Crippen molar-refractivity contribution in [2.24, 2.45) is 5.92 Å². The van der Waals surface area contributed by atoms with Gasteiger partial charge in [0.1, 0.15) is 0 Å². The van der Waals surface area contributed by atoms with Crippen LogP contribution in [0.5, 0.6) is 0 Å². The molecule has 0 radical (unpaired) electrons. The molecular weight excluding hydrogens is 292 g/mol. The summed E-state index contributed by atoms with van der Waals surface area (Å²) in [5.41, 5.74) is 7.84. The van der Waals surface area contributed by atoms with E-state index in [0.29, 0.717) is 5.92 Å². The van der Waals surface area contributed by atoms with Crippen molar-refractivity contribution in [1.82, 2.24) is 9.88 Å². The molecule has 0 fully saturated rings. The van der Waals surface area contributed by atoms with Crippen molar-refractivity contribution in [2.45, 2.75) is 13.8 Å². The second-order valence-electron chi connectivity index (χ2n) is 5.20. The Morgan fingerprint density at radius 1 is 1.28 bits per heavy atom. The Balaban J connectivity index is 2.93. The van der Waals surface area contributed by atoms with Gasteiger partial charge in [0.05, 0.1) is 22.0 Å². The topological polar surface area (TPSA) is 45.4 Å². The quantitative estimate of drug-likeness (QED) is 0.876. The number of nitrogen functional groups attached to an aromatic ring is 1. The molecule has 1 rings (SSSR count). The summed E-state index contributed by atoms with van der Waals surface area (Å²) in [5, 5.41) is 0. The fourth-order valence-corrected chi connectivity index (χ4v) is 2.43. The lowest BCUT2D eigenvalue weighted by Crippen LogP contribution is -2.35. The van der Waals surface area contributed by atoms with E-state index in [1.54, 1.807) is 12.4 Å². The fourth-order valence-electron chi connectivity index (χ4n) is 1.83. The molecule has 0 saturated heterocycles. The molecule has 102 valence electrons. The van der Waals surface area contributed by atoms with Crippen molar-refractivity contribution >= 4 is 27.3 Å². The van der Waals surface area contributed by atoms with E-state index >= 15 is 0 Å². The third-order valence-corrected chi connectivity index (χ3v) is 3.20. The third kappa shape index (κ3) is 4.46. The predicted molar refractivity (Wildman–Crippen MR) is 82.0 cm³/mol. The standard InChI is InChI=1S/C13H23BrN4/c1-10(2)9-18(6-5-17(3)4)13-11(14)7-16-8-12(13)15/h7-8,10H,5-6,9,15H2,1-4H3. The van der Waals surface area contributed by atoms with E-state index in [2.05, 4.69) is 58.7 Å². The summed E-state index contributed by atoms with van der Waals surface area (Å²) < 4.78 is 0.960. The van der Waals surface area contributed by atoms with Crippen molar-refractivity contribution in [1.29, 1.82) is 0 Å². The smallest absolute Gasteiger partial charge is 0.0776 e. The molecule has 0 saturated carbocycles. The number of halogens is 1. The Kier molecular flexibility index (Phi) is 5.88. The van der Waals surface area contributed by atoms with Crippen LogP contribution in [0.25, 0.3) is 0 Å². The largest absolute Gasteiger partial charge is 0.396 e. The molecule has 0 bridgehead atoms. The fraction of sp³-hybridized carbons (Fsp3) is 0.615. The van der Waals surface area contributed by atoms with Gasteiger partial charge in [-0.25, -0.2) is 0 Å². The molecule has 0 aromatic carbocycles. The zero-order valence-electron chi connectivity index (χ0n) is 11.7. The molecule has 18 heavy (non-hydrogen) atoms. The van der Waals surface area contributed by atoms with Gasteiger partial charge in [0.15, 0.2) is 0 Å². The minimum Gasteiger partial charge on any atom is -0.396 e. The highest BCUT2D eigenvalue weighted by Crippen LogP contribution is 2.31. The molecule has 2 N–H and O–H groups in total. The molecule has 0 spiro atoms. The SMILES string of the molecule is CC(C)CN(CCN(C)C)c1c(N)cncc1Br. The van der Waals surface area contributed by atoms with Gasteiger partial charge in [-0.05, 0) is 35.9 Å². The highest BCUT2D eigenvalue weighted by Gasteiger charge is 2.15. The van der Waals surface area contributed by atoms with Crippen molar-refractivity contribution in [3.63, 3.8) is 0 Å². The zero-order valence-corrected chi connectivity index (χ0v) is 13.2. The monoisotopic (exact) mass is 314 g/mol. The molecule has 0 unspecified atom stereocenters. The van der Waals surface area contributed by atoms with Gasteiger partial charge in [0, 0.05) is 25.8 Å². The zero-order chi connectivity index (χ0) is 13.7. The molecule has 0 aliphatic heterocycles. The first-order valence-corrected chi connectivity index (χ1v) is 6.99. The summed E-state index contributed by atoms with van der Waals surface area (Å²) in [6.45, 7) is 7.38. The summed E-state index contributed by atoms with van der Waals surface area (Å²) in [7, 11) is 4.16. The Hall–Kier alpha value is -0.810. The number of likely N-dealkylation sites (N-methyl/N-ethyl adjacent to an activating group) is 1. The van der Waals surface area contributed by atoms with Crippen LogP contribution in [0.1, 0.15) is 13.8 Å². The molecule has 0 aliphatic carbocycles. The average molecular weight is 315 g/mol. The van der Waals surface area contributed by atoms with E-state index in [1.165, 1.54) is 0 Å². The first-order valence-electron chi connectivity index (χ1n) is 6.20. The van der Waals surface area contributed by atoms with Crippen LogP contribution >= 0.6 is 15.9 Å². The Morgan fingerprint density at radius 3 is 2.44 bits per heavy atom. The third-order valence-electron chi connectivity index (χ3n) is 2.62. The number of rotatable bonds is 6. The summed E-state index contributed by atoms with van der Waals surface area (Å²) in [4.78, 5) is 8.60. The van der Waals surface area contributed by atoms with Gasteiger partial charge in [0.2, 0.25) is 0 Å². The highest BCUT2D eigenvalue weighted by atomic mass is 79.9. The number of aromatic nitrogens is 1. The average Bonchev–Trinajstić information content (AvgIpc) is 2.24. The summed E-state index contributed by atoms with van der Waals surface area (Å²) >= 11 is 3.55. The summed E-state index contributed by atoms with van der Waals surface area (Å²) in [6.07, 6.45) is 3.51. The van der Waals surface area contributed by atoms with E-state index in [9.17, 15) is 0 Å². The number of nitrogens with zero attached hydrogens (tertiary/aromatic N) is 3. The maximum absolute atomic E-state index is 6.06. The maximum atomic E-state index is 6.06. The number of hydrogen-bond acceptors (Lipinski definition) is 4. The van der Waals surface area contributed by atoms with Gasteiger partial charge in [-0.1, -0.05) is 13.8 Å². The van der Waals surface area contributed by atoms with Crippen LogP contribution in [-0.4, -0.2) is 43.6 Å². The second kappa shape index (κ2) is 6.95. The maximum Gasteiger partial charge on any atom is 0.0776 e. The van der Waals surface area contributed by atoms with Gasteiger partial charge >= 0.3 is 0 Å². The minimum atomic E-state index is 0.589. The van der Waals surface area contributed by atoms with Gasteiger partial charge in [0.25, 0.3) is 0 Å². The lowest BCUT2D eigenvalue weighted by Gasteiger charge is -2.29. The molecule has 0 amide bonds. The predicted octanol–water partition coefficient (Wildman–Crippen LogP) is 2.45. The molecule has 1 heterocycles. The van der Waals surface area contributed by atoms with Crippen molar-refractivity contribution in [3.8, 4) is 0 Å². The van der Waals surface area contributed by atoms with Crippen LogP contribution in [0.15, 0.2) is 16.9 Å². The number of nitrogens with two attached hydrogens (primary N) is 1. The number of hydrogen-bond donors (Lipinski definition) is 1. The first-order chi connectivity index (χ1) is 8.41. The van der Waals surface area contributed by atoms with Gasteiger partial charge in [-0.2, -0.15) is 0 Å². The first kappa shape index (κ1) is 15.2. The number of pyridine rings is 1. The van der Waals surface area contributed by atoms with Crippen molar-refractivity contribution in [3.05, 3.63) is 16.9 Å². The van der Waals surface area contributed by atoms with Crippen LogP contribution < -0.4 is 10.6 Å². The Bertz CT molecular complexity index is 359. The number of anilines is 2. The van der Waals surface area contributed by atoms with E-state index in [0.717, 1.165) is 35.5 Å². The van der Waals surface area contributed by atoms with Crippen molar-refractivity contribution in [2.75, 3.05) is 44.4 Å². The van der Waals surface area contributed by atoms with E-state index in [1.807, 2.05) is 0 Å².